The number of aryl methyl sites for hydroxylation is 1. The lowest BCUT2D eigenvalue weighted by molar-refractivity contribution is 0.0374. The molecule has 20 heavy (non-hydrogen) atoms. The Hall–Kier alpha value is -0.840. The van der Waals surface area contributed by atoms with Crippen LogP contribution >= 0.6 is 11.6 Å². The van der Waals surface area contributed by atoms with Crippen LogP contribution in [0.15, 0.2) is 12.1 Å². The molecule has 0 aliphatic carbocycles. The number of benzene rings is 1. The van der Waals surface area contributed by atoms with Gasteiger partial charge in [-0.05, 0) is 44.0 Å². The predicted octanol–water partition coefficient (Wildman–Crippen LogP) is 3.14. The molecule has 1 fully saturated rings. The van der Waals surface area contributed by atoms with E-state index in [1.165, 1.54) is 6.07 Å². The van der Waals surface area contributed by atoms with Gasteiger partial charge in [0.2, 0.25) is 0 Å². The van der Waals surface area contributed by atoms with Gasteiger partial charge in [0, 0.05) is 13.1 Å². The van der Waals surface area contributed by atoms with Crippen molar-refractivity contribution in [2.24, 2.45) is 0 Å². The van der Waals surface area contributed by atoms with E-state index in [1.54, 1.807) is 6.07 Å². The molecule has 2 rings (SSSR count). The maximum Gasteiger partial charge on any atom is 0.173 e. The second-order valence-electron chi connectivity index (χ2n) is 4.88. The minimum atomic E-state index is -0.374. The Morgan fingerprint density at radius 3 is 2.75 bits per heavy atom. The molecule has 3 nitrogen and oxygen atoms in total. The fourth-order valence-electron chi connectivity index (χ4n) is 2.37. The van der Waals surface area contributed by atoms with E-state index in [2.05, 4.69) is 4.90 Å². The van der Waals surface area contributed by atoms with Crippen LogP contribution in [0.2, 0.25) is 5.02 Å². The average molecular weight is 302 g/mol. The first-order chi connectivity index (χ1) is 9.70. The lowest BCUT2D eigenvalue weighted by Crippen LogP contribution is -2.36. The number of morpholine rings is 1. The van der Waals surface area contributed by atoms with Gasteiger partial charge in [0.05, 0.1) is 24.8 Å². The molecule has 1 saturated heterocycles. The summed E-state index contributed by atoms with van der Waals surface area (Å²) in [5.41, 5.74) is 0.921. The SMILES string of the molecule is CCOc1c(F)cc(CCCN2CCOCC2)cc1Cl. The van der Waals surface area contributed by atoms with Crippen molar-refractivity contribution in [2.75, 3.05) is 39.5 Å². The molecule has 1 aliphatic heterocycles. The van der Waals surface area contributed by atoms with Crippen molar-refractivity contribution >= 4 is 11.6 Å². The number of hydrogen-bond acceptors (Lipinski definition) is 3. The van der Waals surface area contributed by atoms with Crippen LogP contribution in [0.4, 0.5) is 4.39 Å². The minimum Gasteiger partial charge on any atom is -0.489 e. The first-order valence-corrected chi connectivity index (χ1v) is 7.49. The fourth-order valence-corrected chi connectivity index (χ4v) is 2.66. The van der Waals surface area contributed by atoms with E-state index in [9.17, 15) is 4.39 Å². The third-order valence-electron chi connectivity index (χ3n) is 3.39. The van der Waals surface area contributed by atoms with E-state index in [0.717, 1.165) is 51.3 Å². The summed E-state index contributed by atoms with van der Waals surface area (Å²) in [6, 6.07) is 3.32. The van der Waals surface area contributed by atoms with Crippen LogP contribution in [0.25, 0.3) is 0 Å². The molecule has 0 N–H and O–H groups in total. The molecule has 0 amide bonds. The Morgan fingerprint density at radius 1 is 1.35 bits per heavy atom. The van der Waals surface area contributed by atoms with Gasteiger partial charge < -0.3 is 9.47 Å². The summed E-state index contributed by atoms with van der Waals surface area (Å²) in [7, 11) is 0. The number of rotatable bonds is 6. The molecule has 0 radical (unpaired) electrons. The highest BCUT2D eigenvalue weighted by atomic mass is 35.5. The molecule has 0 spiro atoms. The van der Waals surface area contributed by atoms with Crippen molar-refractivity contribution in [1.29, 1.82) is 0 Å². The van der Waals surface area contributed by atoms with Gasteiger partial charge >= 0.3 is 0 Å². The van der Waals surface area contributed by atoms with E-state index in [-0.39, 0.29) is 11.6 Å². The molecule has 0 aromatic heterocycles. The molecule has 0 saturated carbocycles. The van der Waals surface area contributed by atoms with Gasteiger partial charge in [-0.15, -0.1) is 0 Å². The normalized spacial score (nSPS) is 16.4. The van der Waals surface area contributed by atoms with Crippen molar-refractivity contribution in [2.45, 2.75) is 19.8 Å². The van der Waals surface area contributed by atoms with E-state index >= 15 is 0 Å². The molecule has 0 bridgehead atoms. The van der Waals surface area contributed by atoms with E-state index < -0.39 is 0 Å². The smallest absolute Gasteiger partial charge is 0.173 e. The average Bonchev–Trinajstić information content (AvgIpc) is 2.44. The van der Waals surface area contributed by atoms with Gasteiger partial charge in [-0.25, -0.2) is 4.39 Å². The van der Waals surface area contributed by atoms with Crippen molar-refractivity contribution in [3.8, 4) is 5.75 Å². The Balaban J connectivity index is 1.86. The third-order valence-corrected chi connectivity index (χ3v) is 3.67. The first kappa shape index (κ1) is 15.5. The fraction of sp³-hybridized carbons (Fsp3) is 0.600. The van der Waals surface area contributed by atoms with Gasteiger partial charge in [-0.3, -0.25) is 4.90 Å². The highest BCUT2D eigenvalue weighted by molar-refractivity contribution is 6.32. The summed E-state index contributed by atoms with van der Waals surface area (Å²) in [5.74, 6) is -0.216. The number of halogens is 2. The van der Waals surface area contributed by atoms with Crippen LogP contribution in [0.5, 0.6) is 5.75 Å². The zero-order valence-corrected chi connectivity index (χ0v) is 12.6. The van der Waals surface area contributed by atoms with Crippen LogP contribution in [0, 0.1) is 5.82 Å². The monoisotopic (exact) mass is 301 g/mol. The van der Waals surface area contributed by atoms with E-state index in [1.807, 2.05) is 6.92 Å². The molecular formula is C15H21ClFNO2. The number of nitrogens with zero attached hydrogens (tertiary/aromatic N) is 1. The zero-order valence-electron chi connectivity index (χ0n) is 11.8. The Kier molecular flexibility index (Phi) is 6.07. The molecule has 0 unspecified atom stereocenters. The molecule has 1 heterocycles. The van der Waals surface area contributed by atoms with Crippen molar-refractivity contribution in [3.63, 3.8) is 0 Å². The largest absolute Gasteiger partial charge is 0.489 e. The predicted molar refractivity (Wildman–Crippen MR) is 78.2 cm³/mol. The molecular weight excluding hydrogens is 281 g/mol. The zero-order chi connectivity index (χ0) is 14.4. The van der Waals surface area contributed by atoms with Gasteiger partial charge in [0.25, 0.3) is 0 Å². The summed E-state index contributed by atoms with van der Waals surface area (Å²) in [5, 5.41) is 0.355. The van der Waals surface area contributed by atoms with Crippen molar-refractivity contribution in [3.05, 3.63) is 28.5 Å². The minimum absolute atomic E-state index is 0.158. The quantitative estimate of drug-likeness (QED) is 0.806. The molecule has 1 aromatic carbocycles. The second kappa shape index (κ2) is 7.81. The van der Waals surface area contributed by atoms with Gasteiger partial charge in [-0.1, -0.05) is 11.6 Å². The summed E-state index contributed by atoms with van der Waals surface area (Å²) in [4.78, 5) is 2.37. The molecule has 1 aromatic rings. The van der Waals surface area contributed by atoms with Crippen LogP contribution in [0.1, 0.15) is 18.9 Å². The lowest BCUT2D eigenvalue weighted by atomic mass is 10.1. The first-order valence-electron chi connectivity index (χ1n) is 7.11. The number of hydrogen-bond donors (Lipinski definition) is 0. The molecule has 1 aliphatic rings. The summed E-state index contributed by atoms with van der Waals surface area (Å²) >= 11 is 6.05. The maximum absolute atomic E-state index is 13.8. The third kappa shape index (κ3) is 4.33. The van der Waals surface area contributed by atoms with E-state index in [4.69, 9.17) is 21.1 Å². The van der Waals surface area contributed by atoms with Gasteiger partial charge in [-0.2, -0.15) is 0 Å². The molecule has 5 heteroatoms. The Morgan fingerprint density at radius 2 is 2.10 bits per heavy atom. The lowest BCUT2D eigenvalue weighted by Gasteiger charge is -2.26. The topological polar surface area (TPSA) is 21.7 Å². The maximum atomic E-state index is 13.8. The van der Waals surface area contributed by atoms with Crippen LogP contribution in [-0.4, -0.2) is 44.4 Å². The van der Waals surface area contributed by atoms with Crippen LogP contribution in [0.3, 0.4) is 0 Å². The van der Waals surface area contributed by atoms with E-state index in [0.29, 0.717) is 11.6 Å². The van der Waals surface area contributed by atoms with Crippen LogP contribution in [-0.2, 0) is 11.2 Å². The van der Waals surface area contributed by atoms with Crippen LogP contribution < -0.4 is 4.74 Å². The summed E-state index contributed by atoms with van der Waals surface area (Å²) in [6.07, 6.45) is 1.81. The van der Waals surface area contributed by atoms with Crippen molar-refractivity contribution < 1.29 is 13.9 Å². The van der Waals surface area contributed by atoms with Gasteiger partial charge in [0.1, 0.15) is 0 Å². The Bertz CT molecular complexity index is 413. The van der Waals surface area contributed by atoms with Gasteiger partial charge in [0.15, 0.2) is 11.6 Å². The summed E-state index contributed by atoms with van der Waals surface area (Å²) < 4.78 is 24.3. The Labute approximate surface area is 124 Å². The highest BCUT2D eigenvalue weighted by Crippen LogP contribution is 2.29. The molecule has 112 valence electrons. The standard InChI is InChI=1S/C15H21ClFNO2/c1-2-20-15-13(16)10-12(11-14(15)17)4-3-5-18-6-8-19-9-7-18/h10-11H,2-9H2,1H3. The second-order valence-corrected chi connectivity index (χ2v) is 5.29. The van der Waals surface area contributed by atoms with Crippen molar-refractivity contribution in [1.82, 2.24) is 4.90 Å². The summed E-state index contributed by atoms with van der Waals surface area (Å²) in [6.45, 7) is 6.82. The molecule has 0 atom stereocenters. The highest BCUT2D eigenvalue weighted by Gasteiger charge is 2.12. The number of ether oxygens (including phenoxy) is 2.